The summed E-state index contributed by atoms with van der Waals surface area (Å²) in [5.41, 5.74) is 0.589. The molecular weight excluding hydrogens is 392 g/mol. The molecule has 0 saturated carbocycles. The van der Waals surface area contributed by atoms with Crippen LogP contribution in [0.4, 0.5) is 39.7 Å². The standard InChI is InChI=1S/C18H16F4N6O/c19-11-5-10-13(6-12(11)20)23-7-14(10)26-17(29)27-15-8-25-16(9-24-15)28-3-1-18(21,22)2-4-28/h5-9,23H,1-4H2,(H2,24,26,27,29). The third kappa shape index (κ3) is 4.08. The first-order valence-electron chi connectivity index (χ1n) is 8.80. The lowest BCUT2D eigenvalue weighted by atomic mass is 10.1. The van der Waals surface area contributed by atoms with Crippen molar-refractivity contribution in [2.24, 2.45) is 0 Å². The maximum absolute atomic E-state index is 13.4. The molecule has 3 heterocycles. The Bertz CT molecular complexity index is 1040. The fourth-order valence-electron chi connectivity index (χ4n) is 3.10. The Morgan fingerprint density at radius 2 is 1.79 bits per heavy atom. The van der Waals surface area contributed by atoms with Gasteiger partial charge in [-0.3, -0.25) is 5.32 Å². The molecule has 152 valence electrons. The first kappa shape index (κ1) is 19.0. The zero-order chi connectivity index (χ0) is 20.6. The minimum atomic E-state index is -2.65. The number of halogens is 4. The molecule has 4 rings (SSSR count). The summed E-state index contributed by atoms with van der Waals surface area (Å²) in [6.07, 6.45) is 3.62. The van der Waals surface area contributed by atoms with Gasteiger partial charge in [0.15, 0.2) is 17.5 Å². The molecule has 0 bridgehead atoms. The third-order valence-electron chi connectivity index (χ3n) is 4.67. The van der Waals surface area contributed by atoms with Crippen molar-refractivity contribution in [2.75, 3.05) is 28.6 Å². The highest BCUT2D eigenvalue weighted by Crippen LogP contribution is 2.29. The summed E-state index contributed by atoms with van der Waals surface area (Å²) in [4.78, 5) is 24.8. The summed E-state index contributed by atoms with van der Waals surface area (Å²) in [5.74, 6) is -4.09. The van der Waals surface area contributed by atoms with Crippen LogP contribution in [0.15, 0.2) is 30.7 Å². The minimum absolute atomic E-state index is 0.144. The highest BCUT2D eigenvalue weighted by atomic mass is 19.3. The molecule has 0 spiro atoms. The number of carbonyl (C=O) groups is 1. The maximum atomic E-state index is 13.4. The lowest BCUT2D eigenvalue weighted by Gasteiger charge is -2.32. The van der Waals surface area contributed by atoms with Crippen LogP contribution < -0.4 is 15.5 Å². The number of anilines is 3. The molecule has 1 aromatic carbocycles. The monoisotopic (exact) mass is 408 g/mol. The van der Waals surface area contributed by atoms with Crippen molar-refractivity contribution in [2.45, 2.75) is 18.8 Å². The van der Waals surface area contributed by atoms with Crippen LogP contribution >= 0.6 is 0 Å². The summed E-state index contributed by atoms with van der Waals surface area (Å²) in [5, 5.41) is 5.29. The van der Waals surface area contributed by atoms with Crippen molar-refractivity contribution >= 4 is 34.3 Å². The Morgan fingerprint density at radius 3 is 2.48 bits per heavy atom. The van der Waals surface area contributed by atoms with E-state index in [1.54, 1.807) is 4.90 Å². The van der Waals surface area contributed by atoms with Crippen LogP contribution in [0, 0.1) is 11.6 Å². The van der Waals surface area contributed by atoms with Crippen LogP contribution in [0.5, 0.6) is 0 Å². The van der Waals surface area contributed by atoms with E-state index in [-0.39, 0.29) is 37.4 Å². The van der Waals surface area contributed by atoms with Gasteiger partial charge < -0.3 is 15.2 Å². The largest absolute Gasteiger partial charge is 0.359 e. The Kier molecular flexibility index (Phi) is 4.73. The summed E-state index contributed by atoms with van der Waals surface area (Å²) >= 11 is 0. The van der Waals surface area contributed by atoms with Gasteiger partial charge in [0.1, 0.15) is 5.82 Å². The van der Waals surface area contributed by atoms with E-state index >= 15 is 0 Å². The fraction of sp³-hybridized carbons (Fsp3) is 0.278. The van der Waals surface area contributed by atoms with Crippen LogP contribution in [0.1, 0.15) is 12.8 Å². The topological polar surface area (TPSA) is 85.9 Å². The molecule has 2 amide bonds. The van der Waals surface area contributed by atoms with Crippen molar-refractivity contribution in [1.29, 1.82) is 0 Å². The second kappa shape index (κ2) is 7.22. The van der Waals surface area contributed by atoms with Gasteiger partial charge >= 0.3 is 6.03 Å². The minimum Gasteiger partial charge on any atom is -0.359 e. The molecule has 11 heteroatoms. The normalized spacial score (nSPS) is 16.1. The van der Waals surface area contributed by atoms with Crippen LogP contribution in [-0.2, 0) is 0 Å². The highest BCUT2D eigenvalue weighted by molar-refractivity contribution is 6.05. The first-order chi connectivity index (χ1) is 13.8. The first-order valence-corrected chi connectivity index (χ1v) is 8.80. The lowest BCUT2D eigenvalue weighted by Crippen LogP contribution is -2.39. The summed E-state index contributed by atoms with van der Waals surface area (Å²) in [7, 11) is 0. The molecule has 1 saturated heterocycles. The van der Waals surface area contributed by atoms with E-state index in [2.05, 4.69) is 25.6 Å². The number of nitrogens with zero attached hydrogens (tertiary/aromatic N) is 3. The Hall–Kier alpha value is -3.37. The average Bonchev–Trinajstić information content (AvgIpc) is 3.04. The van der Waals surface area contributed by atoms with Crippen molar-refractivity contribution < 1.29 is 22.4 Å². The fourth-order valence-corrected chi connectivity index (χ4v) is 3.10. The molecule has 3 N–H and O–H groups in total. The number of benzene rings is 1. The number of nitrogens with one attached hydrogen (secondary N) is 3. The number of carbonyl (C=O) groups excluding carboxylic acids is 1. The number of amides is 2. The van der Waals surface area contributed by atoms with Crippen LogP contribution in [0.2, 0.25) is 0 Å². The number of alkyl halides is 2. The number of urea groups is 1. The van der Waals surface area contributed by atoms with Gasteiger partial charge in [0.2, 0.25) is 0 Å². The predicted octanol–water partition coefficient (Wildman–Crippen LogP) is 4.12. The van der Waals surface area contributed by atoms with E-state index in [1.807, 2.05) is 0 Å². The highest BCUT2D eigenvalue weighted by Gasteiger charge is 2.34. The Labute approximate surface area is 162 Å². The van der Waals surface area contributed by atoms with Crippen LogP contribution in [0.3, 0.4) is 0 Å². The Morgan fingerprint density at radius 1 is 1.07 bits per heavy atom. The van der Waals surface area contributed by atoms with Gasteiger partial charge in [-0.1, -0.05) is 0 Å². The van der Waals surface area contributed by atoms with Crippen LogP contribution in [0.25, 0.3) is 10.9 Å². The van der Waals surface area contributed by atoms with E-state index in [9.17, 15) is 22.4 Å². The number of hydrogen-bond acceptors (Lipinski definition) is 4. The molecule has 1 fully saturated rings. The number of aromatic amines is 1. The number of aromatic nitrogens is 3. The van der Waals surface area contributed by atoms with E-state index in [0.29, 0.717) is 16.7 Å². The SMILES string of the molecule is O=C(Nc1cnc(N2CCC(F)(F)CC2)cn1)Nc1c[nH]c2cc(F)c(F)cc12. The number of hydrogen-bond donors (Lipinski definition) is 3. The quantitative estimate of drug-likeness (QED) is 0.569. The smallest absolute Gasteiger partial charge is 0.324 e. The zero-order valence-electron chi connectivity index (χ0n) is 15.0. The number of rotatable bonds is 3. The van der Waals surface area contributed by atoms with Gasteiger partial charge in [-0.05, 0) is 6.07 Å². The molecule has 0 unspecified atom stereocenters. The molecule has 0 aliphatic carbocycles. The average molecular weight is 408 g/mol. The van der Waals surface area contributed by atoms with Gasteiger partial charge in [0, 0.05) is 43.6 Å². The van der Waals surface area contributed by atoms with Gasteiger partial charge in [-0.25, -0.2) is 32.3 Å². The molecule has 2 aromatic heterocycles. The van der Waals surface area contributed by atoms with E-state index in [1.165, 1.54) is 18.6 Å². The number of fused-ring (bicyclic) bond motifs is 1. The maximum Gasteiger partial charge on any atom is 0.324 e. The Balaban J connectivity index is 1.40. The summed E-state index contributed by atoms with van der Waals surface area (Å²) in [6.45, 7) is 0.347. The molecule has 0 atom stereocenters. The summed E-state index contributed by atoms with van der Waals surface area (Å²) < 4.78 is 53.2. The second-order valence-corrected chi connectivity index (χ2v) is 6.70. The van der Waals surface area contributed by atoms with E-state index in [0.717, 1.165) is 12.1 Å². The third-order valence-corrected chi connectivity index (χ3v) is 4.67. The van der Waals surface area contributed by atoms with E-state index in [4.69, 9.17) is 0 Å². The molecule has 0 radical (unpaired) electrons. The molecule has 1 aliphatic rings. The van der Waals surface area contributed by atoms with Gasteiger partial charge in [0.05, 0.1) is 23.6 Å². The molecule has 3 aromatic rings. The van der Waals surface area contributed by atoms with Crippen LogP contribution in [-0.4, -0.2) is 40.0 Å². The second-order valence-electron chi connectivity index (χ2n) is 6.70. The summed E-state index contributed by atoms with van der Waals surface area (Å²) in [6, 6.07) is 1.32. The van der Waals surface area contributed by atoms with Crippen molar-refractivity contribution in [3.8, 4) is 0 Å². The molecule has 29 heavy (non-hydrogen) atoms. The molecular formula is C18H16F4N6O. The van der Waals surface area contributed by atoms with Gasteiger partial charge in [-0.2, -0.15) is 0 Å². The van der Waals surface area contributed by atoms with Gasteiger partial charge in [-0.15, -0.1) is 0 Å². The van der Waals surface area contributed by atoms with Crippen molar-refractivity contribution in [3.63, 3.8) is 0 Å². The van der Waals surface area contributed by atoms with Gasteiger partial charge in [0.25, 0.3) is 5.92 Å². The predicted molar refractivity (Wildman–Crippen MR) is 99.3 cm³/mol. The molecule has 7 nitrogen and oxygen atoms in total. The zero-order valence-corrected chi connectivity index (χ0v) is 15.0. The number of piperidine rings is 1. The lowest BCUT2D eigenvalue weighted by molar-refractivity contribution is -0.0221. The molecule has 1 aliphatic heterocycles. The number of H-pyrrole nitrogens is 1. The van der Waals surface area contributed by atoms with E-state index < -0.39 is 23.6 Å². The van der Waals surface area contributed by atoms with Crippen molar-refractivity contribution in [1.82, 2.24) is 15.0 Å². The van der Waals surface area contributed by atoms with Crippen molar-refractivity contribution in [3.05, 3.63) is 42.4 Å².